The predicted molar refractivity (Wildman–Crippen MR) is 138 cm³/mol. The Hall–Kier alpha value is -3.51. The van der Waals surface area contributed by atoms with Crippen LogP contribution in [0.3, 0.4) is 0 Å². The molecule has 5 nitrogen and oxygen atoms in total. The molecule has 2 aromatic carbocycles. The van der Waals surface area contributed by atoms with E-state index in [1.807, 2.05) is 37.3 Å². The van der Waals surface area contributed by atoms with E-state index >= 15 is 0 Å². The lowest BCUT2D eigenvalue weighted by molar-refractivity contribution is -0.122. The number of anilines is 1. The summed E-state index contributed by atoms with van der Waals surface area (Å²) in [5, 5.41) is 12.0. The fraction of sp³-hybridized carbons (Fsp3) is 0.250. The van der Waals surface area contributed by atoms with Crippen molar-refractivity contribution in [3.8, 4) is 11.1 Å². The van der Waals surface area contributed by atoms with Crippen molar-refractivity contribution >= 4 is 34.4 Å². The maximum atomic E-state index is 13.0. The minimum absolute atomic E-state index is 0.0449. The molecule has 0 fully saturated rings. The van der Waals surface area contributed by atoms with Gasteiger partial charge in [-0.3, -0.25) is 9.59 Å². The normalized spacial score (nSPS) is 18.5. The summed E-state index contributed by atoms with van der Waals surface area (Å²) in [5.74, 6) is 0.268. The number of hydrogen-bond donors (Lipinski definition) is 2. The summed E-state index contributed by atoms with van der Waals surface area (Å²) in [4.78, 5) is 24.5. The van der Waals surface area contributed by atoms with Gasteiger partial charge < -0.3 is 5.32 Å². The Labute approximate surface area is 203 Å². The van der Waals surface area contributed by atoms with Gasteiger partial charge in [0.2, 0.25) is 5.91 Å². The second kappa shape index (κ2) is 9.77. The third kappa shape index (κ3) is 4.73. The molecule has 6 heteroatoms. The molecule has 0 spiro atoms. The average molecular weight is 470 g/mol. The van der Waals surface area contributed by atoms with E-state index < -0.39 is 0 Å². The molecule has 0 radical (unpaired) electrons. The van der Waals surface area contributed by atoms with Crippen molar-refractivity contribution in [1.29, 1.82) is 0 Å². The smallest absolute Gasteiger partial charge is 0.240 e. The van der Waals surface area contributed by atoms with Gasteiger partial charge in [-0.15, -0.1) is 0 Å². The number of carbonyl (C=O) groups excluding carboxylic acids is 2. The van der Waals surface area contributed by atoms with Crippen LogP contribution in [0.15, 0.2) is 81.7 Å². The standard InChI is InChI=1S/C28H27N3O2S/c1-18-15-27(33)30-31-28(18)19-9-11-22(12-10-19)29-25-7-4-8-26(32)24(25)16-20-5-2-3-6-23(20)21-13-14-34-17-21/h2-3,5-6,9-14,17-18,29H,4,7-8,15-16H2,1H3,(H,30,33)/t18-/m1/s1. The second-order valence-electron chi connectivity index (χ2n) is 8.92. The van der Waals surface area contributed by atoms with Gasteiger partial charge in [0.25, 0.3) is 0 Å². The van der Waals surface area contributed by atoms with Crippen LogP contribution in [0.1, 0.15) is 43.7 Å². The first-order chi connectivity index (χ1) is 16.6. The highest BCUT2D eigenvalue weighted by atomic mass is 32.1. The number of thiophene rings is 1. The largest absolute Gasteiger partial charge is 0.359 e. The monoisotopic (exact) mass is 469 g/mol. The summed E-state index contributed by atoms with van der Waals surface area (Å²) < 4.78 is 0. The van der Waals surface area contributed by atoms with Gasteiger partial charge in [0.1, 0.15) is 0 Å². The molecule has 1 aliphatic heterocycles. The van der Waals surface area contributed by atoms with E-state index in [1.54, 1.807) is 11.3 Å². The van der Waals surface area contributed by atoms with Gasteiger partial charge in [-0.1, -0.05) is 43.3 Å². The lowest BCUT2D eigenvalue weighted by Gasteiger charge is -2.22. The van der Waals surface area contributed by atoms with E-state index in [4.69, 9.17) is 0 Å². The van der Waals surface area contributed by atoms with Crippen molar-refractivity contribution < 1.29 is 9.59 Å². The number of allylic oxidation sites excluding steroid dienone is 2. The van der Waals surface area contributed by atoms with Gasteiger partial charge >= 0.3 is 0 Å². The fourth-order valence-electron chi connectivity index (χ4n) is 4.70. The molecule has 1 aromatic heterocycles. The number of hydrazone groups is 1. The minimum atomic E-state index is -0.0449. The number of amides is 1. The van der Waals surface area contributed by atoms with Crippen molar-refractivity contribution in [2.24, 2.45) is 11.0 Å². The molecule has 172 valence electrons. The first-order valence-corrected chi connectivity index (χ1v) is 12.6. The van der Waals surface area contributed by atoms with Crippen LogP contribution in [-0.4, -0.2) is 17.4 Å². The molecular weight excluding hydrogens is 442 g/mol. The molecule has 5 rings (SSSR count). The Bertz CT molecular complexity index is 1270. The van der Waals surface area contributed by atoms with Gasteiger partial charge in [0.15, 0.2) is 5.78 Å². The zero-order valence-electron chi connectivity index (χ0n) is 19.1. The summed E-state index contributed by atoms with van der Waals surface area (Å²) in [6.45, 7) is 2.02. The third-order valence-electron chi connectivity index (χ3n) is 6.48. The van der Waals surface area contributed by atoms with Gasteiger partial charge in [0, 0.05) is 42.1 Å². The first kappa shape index (κ1) is 22.3. The topological polar surface area (TPSA) is 70.6 Å². The van der Waals surface area contributed by atoms with Gasteiger partial charge in [-0.25, -0.2) is 5.43 Å². The van der Waals surface area contributed by atoms with E-state index in [0.29, 0.717) is 19.3 Å². The summed E-state index contributed by atoms with van der Waals surface area (Å²) in [7, 11) is 0. The molecule has 2 N–H and O–H groups in total. The number of Topliss-reactive ketones (excluding diaryl/α,β-unsaturated/α-hetero) is 1. The van der Waals surface area contributed by atoms with Crippen molar-refractivity contribution in [3.05, 3.63) is 87.8 Å². The van der Waals surface area contributed by atoms with Crippen LogP contribution in [0, 0.1) is 5.92 Å². The van der Waals surface area contributed by atoms with Crippen LogP contribution in [-0.2, 0) is 16.0 Å². The van der Waals surface area contributed by atoms with Gasteiger partial charge in [-0.2, -0.15) is 16.4 Å². The van der Waals surface area contributed by atoms with Crippen LogP contribution in [0.2, 0.25) is 0 Å². The van der Waals surface area contributed by atoms with E-state index in [-0.39, 0.29) is 17.6 Å². The zero-order chi connectivity index (χ0) is 23.5. The van der Waals surface area contributed by atoms with Crippen LogP contribution >= 0.6 is 11.3 Å². The number of nitrogens with zero attached hydrogens (tertiary/aromatic N) is 1. The third-order valence-corrected chi connectivity index (χ3v) is 7.17. The quantitative estimate of drug-likeness (QED) is 0.470. The zero-order valence-corrected chi connectivity index (χ0v) is 20.0. The molecule has 2 heterocycles. The maximum Gasteiger partial charge on any atom is 0.240 e. The first-order valence-electron chi connectivity index (χ1n) is 11.7. The SMILES string of the molecule is C[C@@H]1CC(=O)NN=C1c1ccc(NC2=C(Cc3ccccc3-c3ccsc3)C(=O)CCC2)cc1. The predicted octanol–water partition coefficient (Wildman–Crippen LogP) is 5.94. The molecule has 1 amide bonds. The Morgan fingerprint density at radius 1 is 1.03 bits per heavy atom. The highest BCUT2D eigenvalue weighted by Gasteiger charge is 2.23. The van der Waals surface area contributed by atoms with Crippen LogP contribution < -0.4 is 10.7 Å². The fourth-order valence-corrected chi connectivity index (χ4v) is 5.36. The number of nitrogens with one attached hydrogen (secondary N) is 2. The molecule has 34 heavy (non-hydrogen) atoms. The van der Waals surface area contributed by atoms with Crippen molar-refractivity contribution in [2.45, 2.75) is 39.0 Å². The van der Waals surface area contributed by atoms with Crippen LogP contribution in [0.25, 0.3) is 11.1 Å². The Morgan fingerprint density at radius 3 is 2.62 bits per heavy atom. The lowest BCUT2D eigenvalue weighted by Crippen LogP contribution is -2.31. The molecule has 2 aliphatic rings. The van der Waals surface area contributed by atoms with Crippen LogP contribution in [0.5, 0.6) is 0 Å². The lowest BCUT2D eigenvalue weighted by atomic mass is 9.88. The van der Waals surface area contributed by atoms with E-state index in [1.165, 1.54) is 16.7 Å². The van der Waals surface area contributed by atoms with Crippen molar-refractivity contribution in [1.82, 2.24) is 5.43 Å². The number of carbonyl (C=O) groups is 2. The van der Waals surface area contributed by atoms with Gasteiger partial charge in [0.05, 0.1) is 5.71 Å². The van der Waals surface area contributed by atoms with E-state index in [2.05, 4.69) is 50.9 Å². The maximum absolute atomic E-state index is 13.0. The minimum Gasteiger partial charge on any atom is -0.359 e. The number of benzene rings is 2. The van der Waals surface area contributed by atoms with Crippen LogP contribution in [0.4, 0.5) is 5.69 Å². The summed E-state index contributed by atoms with van der Waals surface area (Å²) >= 11 is 1.68. The van der Waals surface area contributed by atoms with Crippen molar-refractivity contribution in [2.75, 3.05) is 5.32 Å². The molecule has 1 aliphatic carbocycles. The van der Waals surface area contributed by atoms with E-state index in [0.717, 1.165) is 41.1 Å². The molecular formula is C28H27N3O2S. The molecule has 0 unspecified atom stereocenters. The number of hydrogen-bond acceptors (Lipinski definition) is 5. The number of ketones is 1. The molecule has 1 atom stereocenters. The van der Waals surface area contributed by atoms with Crippen molar-refractivity contribution in [3.63, 3.8) is 0 Å². The number of rotatable bonds is 6. The van der Waals surface area contributed by atoms with E-state index in [9.17, 15) is 9.59 Å². The summed E-state index contributed by atoms with van der Waals surface area (Å²) in [6.07, 6.45) is 3.40. The highest BCUT2D eigenvalue weighted by molar-refractivity contribution is 7.08. The van der Waals surface area contributed by atoms with Gasteiger partial charge in [-0.05, 0) is 64.1 Å². The highest BCUT2D eigenvalue weighted by Crippen LogP contribution is 2.32. The Morgan fingerprint density at radius 2 is 1.85 bits per heavy atom. The Balaban J connectivity index is 1.40. The summed E-state index contributed by atoms with van der Waals surface area (Å²) in [6, 6.07) is 18.6. The molecule has 0 bridgehead atoms. The molecule has 0 saturated carbocycles. The molecule has 0 saturated heterocycles. The molecule has 3 aromatic rings. The summed E-state index contributed by atoms with van der Waals surface area (Å²) in [5.41, 5.74) is 10.9. The Kier molecular flexibility index (Phi) is 6.41. The average Bonchev–Trinajstić information content (AvgIpc) is 3.37. The second-order valence-corrected chi connectivity index (χ2v) is 9.70.